The van der Waals surface area contributed by atoms with E-state index in [-0.39, 0.29) is 17.3 Å². The molecule has 0 radical (unpaired) electrons. The summed E-state index contributed by atoms with van der Waals surface area (Å²) in [5.41, 5.74) is 2.12. The lowest BCUT2D eigenvalue weighted by Gasteiger charge is -2.13. The summed E-state index contributed by atoms with van der Waals surface area (Å²) in [6.45, 7) is 0.631. The molecule has 9 nitrogen and oxygen atoms in total. The van der Waals surface area contributed by atoms with Gasteiger partial charge in [-0.2, -0.15) is 0 Å². The number of sulfonamides is 1. The Labute approximate surface area is 186 Å². The van der Waals surface area contributed by atoms with Crippen LogP contribution in [0.15, 0.2) is 71.9 Å². The van der Waals surface area contributed by atoms with Gasteiger partial charge in [-0.1, -0.05) is 11.0 Å². The van der Waals surface area contributed by atoms with Crippen molar-refractivity contribution in [1.29, 1.82) is 0 Å². The van der Waals surface area contributed by atoms with Gasteiger partial charge in [0.2, 0.25) is 0 Å². The van der Waals surface area contributed by atoms with Gasteiger partial charge in [0.1, 0.15) is 6.61 Å². The molecule has 0 aliphatic heterocycles. The molecule has 0 aliphatic carbocycles. The van der Waals surface area contributed by atoms with Crippen LogP contribution in [0.1, 0.15) is 21.5 Å². The van der Waals surface area contributed by atoms with E-state index in [2.05, 4.69) is 15.1 Å². The van der Waals surface area contributed by atoms with Gasteiger partial charge in [-0.25, -0.2) is 8.42 Å². The Morgan fingerprint density at radius 1 is 0.938 bits per heavy atom. The molecule has 0 spiro atoms. The van der Waals surface area contributed by atoms with E-state index in [9.17, 15) is 13.2 Å². The minimum atomic E-state index is -3.78. The Balaban J connectivity index is 1.60. The fraction of sp³-hybridized carbons (Fsp3) is 0.182. The Kier molecular flexibility index (Phi) is 7.77. The highest BCUT2D eigenvalue weighted by Gasteiger charge is 2.15. The number of benzene rings is 2. The lowest BCUT2D eigenvalue weighted by atomic mass is 10.1. The smallest absolute Gasteiger partial charge is 0.262 e. The van der Waals surface area contributed by atoms with Crippen molar-refractivity contribution in [1.82, 2.24) is 15.2 Å². The quantitative estimate of drug-likeness (QED) is 0.449. The third-order valence-electron chi connectivity index (χ3n) is 4.44. The summed E-state index contributed by atoms with van der Waals surface area (Å²) in [7, 11) is -1.03. The third kappa shape index (κ3) is 6.03. The molecule has 0 aliphatic rings. The molecule has 0 unspecified atom stereocenters. The zero-order valence-electron chi connectivity index (χ0n) is 17.6. The van der Waals surface area contributed by atoms with Crippen molar-refractivity contribution in [3.63, 3.8) is 0 Å². The summed E-state index contributed by atoms with van der Waals surface area (Å²) in [6, 6.07) is 14.6. The first-order valence-electron chi connectivity index (χ1n) is 9.54. The van der Waals surface area contributed by atoms with Crippen molar-refractivity contribution in [3.05, 3.63) is 83.7 Å². The van der Waals surface area contributed by atoms with Crippen LogP contribution in [0.2, 0.25) is 0 Å². The van der Waals surface area contributed by atoms with Gasteiger partial charge in [-0.3, -0.25) is 14.6 Å². The van der Waals surface area contributed by atoms with E-state index >= 15 is 0 Å². The lowest BCUT2D eigenvalue weighted by Crippen LogP contribution is -2.24. The Bertz CT molecular complexity index is 1150. The molecule has 0 fully saturated rings. The number of ether oxygens (including phenoxy) is 2. The Hall–Kier alpha value is -3.47. The number of nitrogens with one attached hydrogen (secondary N) is 2. The normalized spacial score (nSPS) is 11.1. The summed E-state index contributed by atoms with van der Waals surface area (Å²) in [5.74, 6) is 0.789. The molecule has 0 saturated heterocycles. The van der Waals surface area contributed by atoms with E-state index in [1.165, 1.54) is 31.4 Å². The average molecular weight is 458 g/mol. The molecule has 2 N–H and O–H groups in total. The van der Waals surface area contributed by atoms with Crippen LogP contribution in [0.3, 0.4) is 0 Å². The second-order valence-corrected chi connectivity index (χ2v) is 8.27. The number of hydrogen-bond acceptors (Lipinski definition) is 7. The van der Waals surface area contributed by atoms with E-state index in [4.69, 9.17) is 9.47 Å². The number of pyridine rings is 1. The fourth-order valence-corrected chi connectivity index (χ4v) is 3.62. The molecule has 3 rings (SSSR count). The summed E-state index contributed by atoms with van der Waals surface area (Å²) in [5, 5.41) is 2.80. The average Bonchev–Trinajstić information content (AvgIpc) is 2.82. The van der Waals surface area contributed by atoms with Crippen LogP contribution in [-0.2, 0) is 28.0 Å². The van der Waals surface area contributed by atoms with Gasteiger partial charge in [0.25, 0.3) is 15.9 Å². The molecular formula is C22H23N3O6S. The van der Waals surface area contributed by atoms with Gasteiger partial charge in [0.15, 0.2) is 11.5 Å². The number of carbonyl (C=O) groups excluding carboxylic acids is 1. The maximum atomic E-state index is 12.4. The molecule has 3 aromatic rings. The maximum absolute atomic E-state index is 12.4. The highest BCUT2D eigenvalue weighted by molar-refractivity contribution is 7.89. The standard InChI is InChI=1S/C22H23N3O6S/c1-29-21-13-17(3-8-20(21)31-15-16-9-11-23-12-10-16)14-24-22(26)18-4-6-19(7-5-18)32(27,28)25-30-2/h3-13,25H,14-15H2,1-2H3,(H,24,26). The van der Waals surface area contributed by atoms with Crippen molar-refractivity contribution >= 4 is 15.9 Å². The third-order valence-corrected chi connectivity index (χ3v) is 5.72. The van der Waals surface area contributed by atoms with Gasteiger partial charge < -0.3 is 14.8 Å². The minimum absolute atomic E-state index is 0.0111. The number of amides is 1. The van der Waals surface area contributed by atoms with Crippen molar-refractivity contribution in [2.75, 3.05) is 14.2 Å². The largest absolute Gasteiger partial charge is 0.493 e. The summed E-state index contributed by atoms with van der Waals surface area (Å²) in [4.78, 5) is 22.8. The number of nitrogens with zero attached hydrogens (tertiary/aromatic N) is 1. The second-order valence-electron chi connectivity index (χ2n) is 6.63. The fourth-order valence-electron chi connectivity index (χ4n) is 2.81. The molecule has 2 aromatic carbocycles. The minimum Gasteiger partial charge on any atom is -0.493 e. The predicted octanol–water partition coefficient (Wildman–Crippen LogP) is 2.44. The topological polar surface area (TPSA) is 116 Å². The molecule has 1 aromatic heterocycles. The maximum Gasteiger partial charge on any atom is 0.262 e. The zero-order chi connectivity index (χ0) is 23.0. The number of carbonyl (C=O) groups is 1. The number of aromatic nitrogens is 1. The Morgan fingerprint density at radius 3 is 2.31 bits per heavy atom. The molecule has 1 heterocycles. The number of hydrogen-bond donors (Lipinski definition) is 2. The first-order chi connectivity index (χ1) is 15.4. The van der Waals surface area contributed by atoms with E-state index < -0.39 is 10.0 Å². The van der Waals surface area contributed by atoms with Crippen molar-refractivity contribution in [3.8, 4) is 11.5 Å². The summed E-state index contributed by atoms with van der Waals surface area (Å²) in [6.07, 6.45) is 3.40. The van der Waals surface area contributed by atoms with Gasteiger partial charge in [-0.05, 0) is 59.7 Å². The van der Waals surface area contributed by atoms with Crippen LogP contribution in [0.4, 0.5) is 0 Å². The Morgan fingerprint density at radius 2 is 1.66 bits per heavy atom. The van der Waals surface area contributed by atoms with Gasteiger partial charge in [0, 0.05) is 24.5 Å². The van der Waals surface area contributed by atoms with Crippen LogP contribution < -0.4 is 19.7 Å². The van der Waals surface area contributed by atoms with E-state index in [0.717, 1.165) is 11.1 Å². The molecule has 0 saturated carbocycles. The van der Waals surface area contributed by atoms with E-state index in [0.29, 0.717) is 23.7 Å². The van der Waals surface area contributed by atoms with Crippen LogP contribution in [0.25, 0.3) is 0 Å². The zero-order valence-corrected chi connectivity index (χ0v) is 18.4. The first kappa shape index (κ1) is 23.2. The van der Waals surface area contributed by atoms with Gasteiger partial charge in [-0.15, -0.1) is 0 Å². The van der Waals surface area contributed by atoms with Crippen molar-refractivity contribution in [2.24, 2.45) is 0 Å². The van der Waals surface area contributed by atoms with E-state index in [1.807, 2.05) is 23.1 Å². The van der Waals surface area contributed by atoms with Crippen LogP contribution in [-0.4, -0.2) is 33.5 Å². The second kappa shape index (κ2) is 10.7. The molecule has 10 heteroatoms. The summed E-state index contributed by atoms with van der Waals surface area (Å²) >= 11 is 0. The van der Waals surface area contributed by atoms with Gasteiger partial charge >= 0.3 is 0 Å². The van der Waals surface area contributed by atoms with Crippen molar-refractivity contribution in [2.45, 2.75) is 18.0 Å². The number of methoxy groups -OCH3 is 1. The molecular weight excluding hydrogens is 434 g/mol. The lowest BCUT2D eigenvalue weighted by molar-refractivity contribution is 0.0950. The van der Waals surface area contributed by atoms with Crippen LogP contribution in [0, 0.1) is 0 Å². The van der Waals surface area contributed by atoms with Crippen LogP contribution >= 0.6 is 0 Å². The van der Waals surface area contributed by atoms with E-state index in [1.54, 1.807) is 31.6 Å². The van der Waals surface area contributed by atoms with Crippen molar-refractivity contribution < 1.29 is 27.5 Å². The highest BCUT2D eigenvalue weighted by atomic mass is 32.2. The highest BCUT2D eigenvalue weighted by Crippen LogP contribution is 2.28. The van der Waals surface area contributed by atoms with Crippen LogP contribution in [0.5, 0.6) is 11.5 Å². The molecule has 32 heavy (non-hydrogen) atoms. The monoisotopic (exact) mass is 457 g/mol. The molecule has 0 atom stereocenters. The SMILES string of the molecule is CONS(=O)(=O)c1ccc(C(=O)NCc2ccc(OCc3ccncc3)c(OC)c2)cc1. The first-order valence-corrected chi connectivity index (χ1v) is 11.0. The summed E-state index contributed by atoms with van der Waals surface area (Å²) < 4.78 is 35.0. The number of rotatable bonds is 10. The van der Waals surface area contributed by atoms with Gasteiger partial charge in [0.05, 0.1) is 19.1 Å². The molecule has 0 bridgehead atoms. The molecule has 168 valence electrons. The predicted molar refractivity (Wildman–Crippen MR) is 117 cm³/mol. The molecule has 1 amide bonds.